The lowest BCUT2D eigenvalue weighted by Gasteiger charge is -2.44. The van der Waals surface area contributed by atoms with Gasteiger partial charge >= 0.3 is 5.97 Å². The Morgan fingerprint density at radius 1 is 1.12 bits per heavy atom. The summed E-state index contributed by atoms with van der Waals surface area (Å²) >= 11 is 0. The van der Waals surface area contributed by atoms with Gasteiger partial charge in [-0.15, -0.1) is 0 Å². The first-order chi connectivity index (χ1) is 15.1. The Balaban J connectivity index is 1.88. The van der Waals surface area contributed by atoms with Crippen molar-refractivity contribution in [1.82, 2.24) is 0 Å². The number of hydrogen-bond acceptors (Lipinski definition) is 5. The minimum Gasteiger partial charge on any atom is -0.483 e. The van der Waals surface area contributed by atoms with Gasteiger partial charge in [-0.3, -0.25) is 4.79 Å². The van der Waals surface area contributed by atoms with Crippen LogP contribution < -0.4 is 10.1 Å². The minimum absolute atomic E-state index is 0.156. The molecule has 5 heteroatoms. The summed E-state index contributed by atoms with van der Waals surface area (Å²) in [4.78, 5) is 12.8. The average Bonchev–Trinajstić information content (AvgIpc) is 2.70. The summed E-state index contributed by atoms with van der Waals surface area (Å²) < 4.78 is 18.8. The van der Waals surface area contributed by atoms with E-state index in [1.807, 2.05) is 71.0 Å². The van der Waals surface area contributed by atoms with Crippen molar-refractivity contribution in [3.05, 3.63) is 59.7 Å². The molecule has 0 saturated heterocycles. The fourth-order valence-corrected chi connectivity index (χ4v) is 3.99. The molecule has 2 atom stereocenters. The maximum atomic E-state index is 12.8. The summed E-state index contributed by atoms with van der Waals surface area (Å²) in [6.07, 6.45) is 0.141. The number of rotatable bonds is 8. The van der Waals surface area contributed by atoms with Crippen LogP contribution >= 0.6 is 0 Å². The minimum atomic E-state index is -0.725. The number of esters is 1. The maximum Gasteiger partial charge on any atom is 0.306 e. The quantitative estimate of drug-likeness (QED) is 0.516. The average molecular weight is 440 g/mol. The molecule has 1 heterocycles. The van der Waals surface area contributed by atoms with Crippen LogP contribution in [0.3, 0.4) is 0 Å². The number of benzene rings is 2. The number of ether oxygens (including phenoxy) is 3. The van der Waals surface area contributed by atoms with E-state index in [1.54, 1.807) is 0 Å². The Kier molecular flexibility index (Phi) is 7.50. The van der Waals surface area contributed by atoms with Gasteiger partial charge in [0, 0.05) is 17.8 Å². The molecule has 1 N–H and O–H groups in total. The SMILES string of the molecule is CCNc1ccc2c(c1)C(OCCc1ccccc1)C(OC(=O)CC(C)(C)C)C(C)(C)O2. The molecule has 0 spiro atoms. The molecule has 1 aliphatic heterocycles. The van der Waals surface area contributed by atoms with Gasteiger partial charge in [0.25, 0.3) is 0 Å². The highest BCUT2D eigenvalue weighted by Gasteiger charge is 2.47. The van der Waals surface area contributed by atoms with Crippen LogP contribution in [0.15, 0.2) is 48.5 Å². The number of carbonyl (C=O) groups is 1. The highest BCUT2D eigenvalue weighted by atomic mass is 16.6. The summed E-state index contributed by atoms with van der Waals surface area (Å²) in [5.41, 5.74) is 2.23. The summed E-state index contributed by atoms with van der Waals surface area (Å²) in [6.45, 7) is 13.4. The molecule has 0 fully saturated rings. The van der Waals surface area contributed by atoms with Gasteiger partial charge in [-0.25, -0.2) is 0 Å². The lowest BCUT2D eigenvalue weighted by molar-refractivity contribution is -0.186. The van der Waals surface area contributed by atoms with E-state index in [0.717, 1.165) is 30.0 Å². The Morgan fingerprint density at radius 3 is 2.50 bits per heavy atom. The first-order valence-corrected chi connectivity index (χ1v) is 11.5. The van der Waals surface area contributed by atoms with Gasteiger partial charge < -0.3 is 19.5 Å². The van der Waals surface area contributed by atoms with Crippen molar-refractivity contribution in [2.75, 3.05) is 18.5 Å². The van der Waals surface area contributed by atoms with E-state index in [1.165, 1.54) is 5.56 Å². The smallest absolute Gasteiger partial charge is 0.306 e. The van der Waals surface area contributed by atoms with Gasteiger partial charge in [-0.05, 0) is 56.4 Å². The zero-order valence-corrected chi connectivity index (χ0v) is 20.2. The monoisotopic (exact) mass is 439 g/mol. The van der Waals surface area contributed by atoms with Crippen molar-refractivity contribution in [2.45, 2.75) is 72.2 Å². The van der Waals surface area contributed by atoms with Gasteiger partial charge in [-0.2, -0.15) is 0 Å². The van der Waals surface area contributed by atoms with Gasteiger partial charge in [-0.1, -0.05) is 51.1 Å². The summed E-state index contributed by atoms with van der Waals surface area (Å²) in [5, 5.41) is 3.35. The second-order valence-corrected chi connectivity index (χ2v) is 10.2. The fourth-order valence-electron chi connectivity index (χ4n) is 3.99. The van der Waals surface area contributed by atoms with E-state index in [4.69, 9.17) is 14.2 Å². The Hall–Kier alpha value is -2.53. The van der Waals surface area contributed by atoms with Crippen LogP contribution in [0.1, 0.15) is 65.2 Å². The molecule has 0 bridgehead atoms. The highest BCUT2D eigenvalue weighted by Crippen LogP contribution is 2.44. The molecule has 0 radical (unpaired) electrons. The molecule has 0 aromatic heterocycles. The van der Waals surface area contributed by atoms with E-state index < -0.39 is 17.8 Å². The Bertz CT molecular complexity index is 902. The third kappa shape index (κ3) is 6.26. The Morgan fingerprint density at radius 2 is 1.84 bits per heavy atom. The molecule has 2 aromatic rings. The summed E-state index contributed by atoms with van der Waals surface area (Å²) in [7, 11) is 0. The predicted octanol–water partition coefficient (Wildman–Crippen LogP) is 5.94. The predicted molar refractivity (Wildman–Crippen MR) is 128 cm³/mol. The van der Waals surface area contributed by atoms with Crippen LogP contribution in [0.2, 0.25) is 0 Å². The zero-order valence-electron chi connectivity index (χ0n) is 20.2. The van der Waals surface area contributed by atoms with Crippen molar-refractivity contribution in [3.63, 3.8) is 0 Å². The number of hydrogen-bond donors (Lipinski definition) is 1. The highest BCUT2D eigenvalue weighted by molar-refractivity contribution is 5.70. The van der Waals surface area contributed by atoms with Crippen LogP contribution in [0, 0.1) is 5.41 Å². The van der Waals surface area contributed by atoms with E-state index in [2.05, 4.69) is 24.4 Å². The first-order valence-electron chi connectivity index (χ1n) is 11.5. The van der Waals surface area contributed by atoms with E-state index in [9.17, 15) is 4.79 Å². The van der Waals surface area contributed by atoms with E-state index >= 15 is 0 Å². The lowest BCUT2D eigenvalue weighted by atomic mass is 9.87. The molecule has 2 unspecified atom stereocenters. The van der Waals surface area contributed by atoms with Crippen LogP contribution in [-0.4, -0.2) is 30.8 Å². The van der Waals surface area contributed by atoms with E-state index in [0.29, 0.717) is 13.0 Å². The maximum absolute atomic E-state index is 12.8. The van der Waals surface area contributed by atoms with Crippen LogP contribution in [0.4, 0.5) is 5.69 Å². The van der Waals surface area contributed by atoms with E-state index in [-0.39, 0.29) is 11.4 Å². The molecule has 0 saturated carbocycles. The molecule has 32 heavy (non-hydrogen) atoms. The molecule has 3 rings (SSSR count). The number of carbonyl (C=O) groups excluding carboxylic acids is 1. The van der Waals surface area contributed by atoms with Crippen molar-refractivity contribution in [2.24, 2.45) is 5.41 Å². The van der Waals surface area contributed by atoms with Crippen LogP contribution in [0.25, 0.3) is 0 Å². The number of anilines is 1. The van der Waals surface area contributed by atoms with Crippen LogP contribution in [-0.2, 0) is 20.7 Å². The lowest BCUT2D eigenvalue weighted by Crippen LogP contribution is -2.52. The topological polar surface area (TPSA) is 56.8 Å². The van der Waals surface area contributed by atoms with Crippen molar-refractivity contribution >= 4 is 11.7 Å². The summed E-state index contributed by atoms with van der Waals surface area (Å²) in [6, 6.07) is 16.3. The molecule has 0 amide bonds. The molecule has 174 valence electrons. The standard InChI is InChI=1S/C27H37NO4/c1-7-28-20-13-14-22-21(17-20)24(30-16-15-19-11-9-8-10-12-19)25(27(5,6)32-22)31-23(29)18-26(2,3)4/h8-14,17,24-25,28H,7,15-16,18H2,1-6H3. The fraction of sp³-hybridized carbons (Fsp3) is 0.519. The molecule has 1 aliphatic rings. The Labute approximate surface area is 192 Å². The van der Waals surface area contributed by atoms with Crippen molar-refractivity contribution in [1.29, 1.82) is 0 Å². The number of nitrogens with one attached hydrogen (secondary N) is 1. The third-order valence-corrected chi connectivity index (χ3v) is 5.49. The van der Waals surface area contributed by atoms with Crippen molar-refractivity contribution in [3.8, 4) is 5.75 Å². The van der Waals surface area contributed by atoms with Gasteiger partial charge in [0.05, 0.1) is 13.0 Å². The largest absolute Gasteiger partial charge is 0.483 e. The zero-order chi connectivity index (χ0) is 23.4. The number of fused-ring (bicyclic) bond motifs is 1. The normalized spacial score (nSPS) is 19.6. The second kappa shape index (κ2) is 9.95. The third-order valence-electron chi connectivity index (χ3n) is 5.49. The molecule has 0 aliphatic carbocycles. The van der Waals surface area contributed by atoms with Gasteiger partial charge in [0.2, 0.25) is 0 Å². The molecule has 2 aromatic carbocycles. The van der Waals surface area contributed by atoms with Crippen LogP contribution in [0.5, 0.6) is 5.75 Å². The molecule has 5 nitrogen and oxygen atoms in total. The second-order valence-electron chi connectivity index (χ2n) is 10.2. The van der Waals surface area contributed by atoms with Crippen molar-refractivity contribution < 1.29 is 19.0 Å². The molecular weight excluding hydrogens is 402 g/mol. The van der Waals surface area contributed by atoms with Gasteiger partial charge in [0.15, 0.2) is 6.10 Å². The molecular formula is C27H37NO4. The summed E-state index contributed by atoms with van der Waals surface area (Å²) in [5.74, 6) is 0.534. The first kappa shape index (κ1) is 24.1. The van der Waals surface area contributed by atoms with Gasteiger partial charge in [0.1, 0.15) is 17.5 Å².